The van der Waals surface area contributed by atoms with Crippen LogP contribution in [0.25, 0.3) is 0 Å². The number of ether oxygens (including phenoxy) is 2. The van der Waals surface area contributed by atoms with Gasteiger partial charge in [0.15, 0.2) is 0 Å². The van der Waals surface area contributed by atoms with Crippen molar-refractivity contribution in [1.29, 1.82) is 0 Å². The lowest BCUT2D eigenvalue weighted by atomic mass is 10.1. The Morgan fingerprint density at radius 2 is 1.60 bits per heavy atom. The van der Waals surface area contributed by atoms with Gasteiger partial charge in [-0.3, -0.25) is 9.59 Å². The van der Waals surface area contributed by atoms with E-state index in [1.807, 2.05) is 26.0 Å². The third-order valence-electron chi connectivity index (χ3n) is 3.43. The lowest BCUT2D eigenvalue weighted by molar-refractivity contribution is -0.143. The summed E-state index contributed by atoms with van der Waals surface area (Å²) in [7, 11) is 0. The molecule has 5 nitrogen and oxygen atoms in total. The first-order valence-electron chi connectivity index (χ1n) is 8.15. The molecule has 0 atom stereocenters. The molecule has 5 heteroatoms. The molecule has 0 bridgehead atoms. The minimum Gasteiger partial charge on any atom is -0.490 e. The van der Waals surface area contributed by atoms with E-state index >= 15 is 0 Å². The molecular weight excluding hydrogens is 318 g/mol. The van der Waals surface area contributed by atoms with Crippen LogP contribution in [0.4, 0.5) is 5.69 Å². The van der Waals surface area contributed by atoms with Crippen molar-refractivity contribution in [2.75, 3.05) is 18.5 Å². The summed E-state index contributed by atoms with van der Waals surface area (Å²) < 4.78 is 10.8. The number of rotatable bonds is 7. The summed E-state index contributed by atoms with van der Waals surface area (Å²) in [4.78, 5) is 22.8. The van der Waals surface area contributed by atoms with Crippen LogP contribution in [0.1, 0.15) is 23.6 Å². The molecule has 1 amide bonds. The predicted molar refractivity (Wildman–Crippen MR) is 96.8 cm³/mol. The minimum absolute atomic E-state index is 0.129. The number of anilines is 1. The molecule has 2 rings (SSSR count). The summed E-state index contributed by atoms with van der Waals surface area (Å²) in [5.41, 5.74) is 3.80. The van der Waals surface area contributed by atoms with Gasteiger partial charge in [0.2, 0.25) is 5.91 Å². The van der Waals surface area contributed by atoms with E-state index in [1.54, 1.807) is 24.3 Å². The topological polar surface area (TPSA) is 64.6 Å². The normalized spacial score (nSPS) is 10.2. The summed E-state index contributed by atoms with van der Waals surface area (Å²) in [6.07, 6.45) is 0.184. The van der Waals surface area contributed by atoms with Crippen LogP contribution in [-0.2, 0) is 20.7 Å². The number of hydrogen-bond donors (Lipinski definition) is 1. The number of carbonyl (C=O) groups excluding carboxylic acids is 2. The number of esters is 1. The van der Waals surface area contributed by atoms with Crippen molar-refractivity contribution in [3.63, 3.8) is 0 Å². The van der Waals surface area contributed by atoms with E-state index in [2.05, 4.69) is 11.4 Å². The van der Waals surface area contributed by atoms with Crippen molar-refractivity contribution in [3.05, 3.63) is 59.2 Å². The average molecular weight is 341 g/mol. The third-order valence-corrected chi connectivity index (χ3v) is 3.43. The second kappa shape index (κ2) is 8.87. The van der Waals surface area contributed by atoms with Crippen molar-refractivity contribution < 1.29 is 19.1 Å². The van der Waals surface area contributed by atoms with Crippen LogP contribution >= 0.6 is 0 Å². The monoisotopic (exact) mass is 341 g/mol. The van der Waals surface area contributed by atoms with E-state index in [0.29, 0.717) is 12.3 Å². The van der Waals surface area contributed by atoms with Crippen LogP contribution in [0, 0.1) is 13.8 Å². The van der Waals surface area contributed by atoms with Crippen LogP contribution in [-0.4, -0.2) is 25.1 Å². The number of aryl methyl sites for hydroxylation is 2. The Morgan fingerprint density at radius 1 is 0.960 bits per heavy atom. The van der Waals surface area contributed by atoms with Gasteiger partial charge in [-0.2, -0.15) is 0 Å². The molecule has 0 aromatic heterocycles. The highest BCUT2D eigenvalue weighted by atomic mass is 16.6. The smallest absolute Gasteiger partial charge is 0.310 e. The van der Waals surface area contributed by atoms with Gasteiger partial charge in [0.25, 0.3) is 0 Å². The molecular formula is C20H23NO4. The van der Waals surface area contributed by atoms with Crippen molar-refractivity contribution in [2.45, 2.75) is 27.2 Å². The maximum atomic E-state index is 11.8. The fraction of sp³-hybridized carbons (Fsp3) is 0.300. The molecule has 1 N–H and O–H groups in total. The van der Waals surface area contributed by atoms with Gasteiger partial charge in [0.05, 0.1) is 6.42 Å². The molecule has 132 valence electrons. The molecule has 2 aromatic rings. The van der Waals surface area contributed by atoms with Crippen molar-refractivity contribution in [3.8, 4) is 5.75 Å². The molecule has 0 saturated heterocycles. The minimum atomic E-state index is -0.309. The molecule has 0 heterocycles. The third kappa shape index (κ3) is 6.67. The van der Waals surface area contributed by atoms with Crippen molar-refractivity contribution in [1.82, 2.24) is 0 Å². The van der Waals surface area contributed by atoms with E-state index in [1.165, 1.54) is 6.92 Å². The zero-order valence-corrected chi connectivity index (χ0v) is 14.8. The maximum Gasteiger partial charge on any atom is 0.310 e. The largest absolute Gasteiger partial charge is 0.490 e. The Morgan fingerprint density at radius 3 is 2.20 bits per heavy atom. The maximum absolute atomic E-state index is 11.8. The number of hydrogen-bond acceptors (Lipinski definition) is 4. The van der Waals surface area contributed by atoms with Gasteiger partial charge < -0.3 is 14.8 Å². The molecule has 0 fully saturated rings. The molecule has 0 saturated carbocycles. The van der Waals surface area contributed by atoms with Crippen LogP contribution in [0.15, 0.2) is 42.5 Å². The van der Waals surface area contributed by atoms with E-state index < -0.39 is 0 Å². The van der Waals surface area contributed by atoms with Gasteiger partial charge in [-0.05, 0) is 54.8 Å². The summed E-state index contributed by atoms with van der Waals surface area (Å²) in [5, 5.41) is 2.68. The number of benzene rings is 2. The second-order valence-corrected chi connectivity index (χ2v) is 5.95. The first-order valence-corrected chi connectivity index (χ1v) is 8.15. The number of amides is 1. The zero-order chi connectivity index (χ0) is 18.2. The molecule has 0 spiro atoms. The van der Waals surface area contributed by atoms with E-state index in [4.69, 9.17) is 9.47 Å². The summed E-state index contributed by atoms with van der Waals surface area (Å²) in [6.45, 7) is 5.99. The van der Waals surface area contributed by atoms with Crippen LogP contribution in [0.3, 0.4) is 0 Å². The Labute approximate surface area is 148 Å². The summed E-state index contributed by atoms with van der Waals surface area (Å²) in [6, 6.07) is 13.1. The zero-order valence-electron chi connectivity index (χ0n) is 14.8. The lowest BCUT2D eigenvalue weighted by Crippen LogP contribution is -2.14. The summed E-state index contributed by atoms with van der Waals surface area (Å²) >= 11 is 0. The Kier molecular flexibility index (Phi) is 6.57. The van der Waals surface area contributed by atoms with E-state index in [-0.39, 0.29) is 24.9 Å². The first kappa shape index (κ1) is 18.5. The number of nitrogens with one attached hydrogen (secondary N) is 1. The van der Waals surface area contributed by atoms with E-state index in [0.717, 1.165) is 22.4 Å². The first-order chi connectivity index (χ1) is 11.9. The average Bonchev–Trinajstić information content (AvgIpc) is 2.52. The molecule has 0 aliphatic rings. The SMILES string of the molecule is CC(=O)Nc1ccc(CC(=O)OCCOc2cc(C)cc(C)c2)cc1. The Bertz CT molecular complexity index is 718. The van der Waals surface area contributed by atoms with Crippen LogP contribution in [0.2, 0.25) is 0 Å². The highest BCUT2D eigenvalue weighted by Crippen LogP contribution is 2.16. The molecule has 0 aliphatic heterocycles. The predicted octanol–water partition coefficient (Wildman–Crippen LogP) is 3.43. The van der Waals surface area contributed by atoms with Gasteiger partial charge in [-0.15, -0.1) is 0 Å². The molecule has 25 heavy (non-hydrogen) atoms. The second-order valence-electron chi connectivity index (χ2n) is 5.95. The molecule has 2 aromatic carbocycles. The molecule has 0 radical (unpaired) electrons. The Balaban J connectivity index is 1.72. The standard InChI is InChI=1S/C20H23NO4/c1-14-10-15(2)12-19(11-14)24-8-9-25-20(23)13-17-4-6-18(7-5-17)21-16(3)22/h4-7,10-12H,8-9,13H2,1-3H3,(H,21,22). The van der Waals surface area contributed by atoms with Crippen LogP contribution in [0.5, 0.6) is 5.75 Å². The van der Waals surface area contributed by atoms with Gasteiger partial charge >= 0.3 is 5.97 Å². The molecule has 0 aliphatic carbocycles. The number of carbonyl (C=O) groups is 2. The van der Waals surface area contributed by atoms with Gasteiger partial charge in [0, 0.05) is 12.6 Å². The molecule has 0 unspecified atom stereocenters. The quantitative estimate of drug-likeness (QED) is 0.619. The summed E-state index contributed by atoms with van der Waals surface area (Å²) in [5.74, 6) is 0.342. The van der Waals surface area contributed by atoms with Crippen molar-refractivity contribution in [2.24, 2.45) is 0 Å². The highest BCUT2D eigenvalue weighted by molar-refractivity contribution is 5.88. The lowest BCUT2D eigenvalue weighted by Gasteiger charge is -2.09. The Hall–Kier alpha value is -2.82. The van der Waals surface area contributed by atoms with Crippen molar-refractivity contribution >= 4 is 17.6 Å². The van der Waals surface area contributed by atoms with Crippen LogP contribution < -0.4 is 10.1 Å². The van der Waals surface area contributed by atoms with E-state index in [9.17, 15) is 9.59 Å². The van der Waals surface area contributed by atoms with Gasteiger partial charge in [0.1, 0.15) is 19.0 Å². The highest BCUT2D eigenvalue weighted by Gasteiger charge is 2.06. The van der Waals surface area contributed by atoms with Gasteiger partial charge in [-0.25, -0.2) is 0 Å². The fourth-order valence-corrected chi connectivity index (χ4v) is 2.46. The van der Waals surface area contributed by atoms with Gasteiger partial charge in [-0.1, -0.05) is 18.2 Å². The fourth-order valence-electron chi connectivity index (χ4n) is 2.46.